The lowest BCUT2D eigenvalue weighted by Crippen LogP contribution is -2.23. The molecule has 0 aliphatic carbocycles. The van der Waals surface area contributed by atoms with Gasteiger partial charge in [0.1, 0.15) is 9.88 Å². The third kappa shape index (κ3) is 3.35. The van der Waals surface area contributed by atoms with E-state index in [0.717, 1.165) is 11.3 Å². The second-order valence-electron chi connectivity index (χ2n) is 3.58. The molecule has 1 aromatic rings. The number of thiophene rings is 1. The van der Waals surface area contributed by atoms with Crippen molar-refractivity contribution in [3.8, 4) is 0 Å². The van der Waals surface area contributed by atoms with E-state index in [-0.39, 0.29) is 22.0 Å². The average molecular weight is 280 g/mol. The van der Waals surface area contributed by atoms with Crippen LogP contribution in [0.5, 0.6) is 0 Å². The average Bonchev–Trinajstić information content (AvgIpc) is 2.70. The third-order valence-electron chi connectivity index (χ3n) is 2.21. The molecule has 7 heteroatoms. The van der Waals surface area contributed by atoms with Crippen LogP contribution in [0.3, 0.4) is 0 Å². The lowest BCUT2D eigenvalue weighted by Gasteiger charge is -2.02. The summed E-state index contributed by atoms with van der Waals surface area (Å²) < 4.78 is 0. The minimum Gasteiger partial charge on any atom is -0.397 e. The molecule has 0 unspecified atom stereocenters. The molecule has 102 valence electrons. The number of carbonyl (C=O) groups excluding carboxylic acids is 2. The number of nitrogen functional groups attached to an aromatic ring is 1. The molecule has 1 rings (SSSR count). The Labute approximate surface area is 115 Å². The van der Waals surface area contributed by atoms with Gasteiger partial charge in [0, 0.05) is 13.1 Å². The lowest BCUT2D eigenvalue weighted by atomic mass is 10.2. The zero-order valence-corrected chi connectivity index (χ0v) is 11.2. The largest absolute Gasteiger partial charge is 0.397 e. The summed E-state index contributed by atoms with van der Waals surface area (Å²) in [6, 6.07) is 0. The highest BCUT2D eigenvalue weighted by Gasteiger charge is 2.23. The van der Waals surface area contributed by atoms with Gasteiger partial charge in [-0.3, -0.25) is 9.59 Å². The molecule has 0 fully saturated rings. The number of nitrogens with two attached hydrogens (primary N) is 2. The molecule has 0 aromatic carbocycles. The number of anilines is 2. The van der Waals surface area contributed by atoms with E-state index in [1.165, 1.54) is 0 Å². The maximum atomic E-state index is 11.9. The second-order valence-corrected chi connectivity index (χ2v) is 4.60. The highest BCUT2D eigenvalue weighted by Crippen LogP contribution is 2.35. The minimum atomic E-state index is -0.678. The third-order valence-corrected chi connectivity index (χ3v) is 3.37. The molecule has 1 heterocycles. The zero-order valence-electron chi connectivity index (χ0n) is 10.4. The van der Waals surface area contributed by atoms with Crippen LogP contribution < -0.4 is 22.1 Å². The maximum Gasteiger partial charge on any atom is 0.263 e. The van der Waals surface area contributed by atoms with Crippen molar-refractivity contribution in [2.45, 2.75) is 0 Å². The highest BCUT2D eigenvalue weighted by molar-refractivity contribution is 7.19. The first-order valence-corrected chi connectivity index (χ1v) is 6.30. The summed E-state index contributed by atoms with van der Waals surface area (Å²) in [4.78, 5) is 23.5. The molecule has 0 bridgehead atoms. The van der Waals surface area contributed by atoms with Crippen LogP contribution >= 0.6 is 11.3 Å². The fourth-order valence-corrected chi connectivity index (χ4v) is 2.44. The number of amides is 2. The summed E-state index contributed by atoms with van der Waals surface area (Å²) in [7, 11) is 0. The fourth-order valence-electron chi connectivity index (χ4n) is 1.39. The lowest BCUT2D eigenvalue weighted by molar-refractivity contribution is 0.0962. The predicted molar refractivity (Wildman–Crippen MR) is 78.5 cm³/mol. The Morgan fingerprint density at radius 2 is 1.89 bits per heavy atom. The zero-order chi connectivity index (χ0) is 14.4. The summed E-state index contributed by atoms with van der Waals surface area (Å²) >= 11 is 1.08. The van der Waals surface area contributed by atoms with E-state index in [4.69, 9.17) is 11.5 Å². The first kappa shape index (κ1) is 14.8. The molecule has 0 aliphatic rings. The van der Waals surface area contributed by atoms with Gasteiger partial charge < -0.3 is 22.1 Å². The van der Waals surface area contributed by atoms with Crippen LogP contribution in [0, 0.1) is 0 Å². The van der Waals surface area contributed by atoms with E-state index in [1.54, 1.807) is 12.2 Å². The van der Waals surface area contributed by atoms with Crippen LogP contribution in [-0.4, -0.2) is 24.9 Å². The molecule has 19 heavy (non-hydrogen) atoms. The molecule has 0 radical (unpaired) electrons. The van der Waals surface area contributed by atoms with E-state index in [2.05, 4.69) is 23.8 Å². The van der Waals surface area contributed by atoms with Gasteiger partial charge in [0.05, 0.1) is 11.3 Å². The molecular weight excluding hydrogens is 264 g/mol. The Bertz CT molecular complexity index is 522. The molecule has 0 saturated heterocycles. The van der Waals surface area contributed by atoms with Crippen LogP contribution in [0.4, 0.5) is 10.7 Å². The van der Waals surface area contributed by atoms with Crippen molar-refractivity contribution < 1.29 is 9.59 Å². The molecule has 0 saturated carbocycles. The van der Waals surface area contributed by atoms with E-state index in [0.29, 0.717) is 18.1 Å². The standard InChI is InChI=1S/C12H16N4O2S/c1-3-5-15-11(18)9-8(13)7(10(14)17)12(19-9)16-6-4-2/h3-4,16H,1-2,5-6,13H2,(H2,14,17)(H,15,18). The Morgan fingerprint density at radius 1 is 1.26 bits per heavy atom. The Morgan fingerprint density at radius 3 is 2.42 bits per heavy atom. The fraction of sp³-hybridized carbons (Fsp3) is 0.167. The number of carbonyl (C=O) groups is 2. The summed E-state index contributed by atoms with van der Waals surface area (Å²) in [6.07, 6.45) is 3.17. The van der Waals surface area contributed by atoms with Gasteiger partial charge in [-0.2, -0.15) is 0 Å². The molecule has 0 atom stereocenters. The topological polar surface area (TPSA) is 110 Å². The molecule has 6 nitrogen and oxygen atoms in total. The SMILES string of the molecule is C=CCNC(=O)c1sc(NCC=C)c(C(N)=O)c1N. The molecule has 0 spiro atoms. The normalized spacial score (nSPS) is 9.68. The molecule has 2 amide bonds. The number of hydrogen-bond donors (Lipinski definition) is 4. The summed E-state index contributed by atoms with van der Waals surface area (Å²) in [6.45, 7) is 7.82. The van der Waals surface area contributed by atoms with Crippen molar-refractivity contribution in [2.24, 2.45) is 5.73 Å². The number of rotatable bonds is 7. The maximum absolute atomic E-state index is 11.9. The van der Waals surface area contributed by atoms with Crippen molar-refractivity contribution in [1.29, 1.82) is 0 Å². The first-order valence-electron chi connectivity index (χ1n) is 5.48. The molecule has 6 N–H and O–H groups in total. The van der Waals surface area contributed by atoms with Gasteiger partial charge in [-0.1, -0.05) is 12.2 Å². The van der Waals surface area contributed by atoms with Crippen molar-refractivity contribution in [1.82, 2.24) is 5.32 Å². The second kappa shape index (κ2) is 6.60. The van der Waals surface area contributed by atoms with Crippen LogP contribution in [0.25, 0.3) is 0 Å². The minimum absolute atomic E-state index is 0.0885. The van der Waals surface area contributed by atoms with Crippen LogP contribution in [0.15, 0.2) is 25.3 Å². The van der Waals surface area contributed by atoms with E-state index >= 15 is 0 Å². The van der Waals surface area contributed by atoms with Gasteiger partial charge in [-0.15, -0.1) is 24.5 Å². The Kier molecular flexibility index (Phi) is 5.13. The highest BCUT2D eigenvalue weighted by atomic mass is 32.1. The first-order chi connectivity index (χ1) is 9.02. The summed E-state index contributed by atoms with van der Waals surface area (Å²) in [5, 5.41) is 6.00. The molecule has 1 aromatic heterocycles. The van der Waals surface area contributed by atoms with Gasteiger partial charge in [-0.25, -0.2) is 0 Å². The van der Waals surface area contributed by atoms with Crippen molar-refractivity contribution >= 4 is 33.8 Å². The summed E-state index contributed by atoms with van der Waals surface area (Å²) in [5.74, 6) is -1.04. The van der Waals surface area contributed by atoms with Gasteiger partial charge >= 0.3 is 0 Å². The quantitative estimate of drug-likeness (QED) is 0.557. The van der Waals surface area contributed by atoms with E-state index in [9.17, 15) is 9.59 Å². The molecular formula is C12H16N4O2S. The van der Waals surface area contributed by atoms with Gasteiger partial charge in [0.15, 0.2) is 0 Å². The van der Waals surface area contributed by atoms with Crippen LogP contribution in [-0.2, 0) is 0 Å². The Hall–Kier alpha value is -2.28. The number of nitrogens with one attached hydrogen (secondary N) is 2. The molecule has 0 aliphatic heterocycles. The van der Waals surface area contributed by atoms with Crippen LogP contribution in [0.2, 0.25) is 0 Å². The number of hydrogen-bond acceptors (Lipinski definition) is 5. The summed E-state index contributed by atoms with van der Waals surface area (Å²) in [5.41, 5.74) is 11.3. The van der Waals surface area contributed by atoms with Crippen molar-refractivity contribution in [2.75, 3.05) is 24.1 Å². The van der Waals surface area contributed by atoms with Gasteiger partial charge in [0.25, 0.3) is 11.8 Å². The van der Waals surface area contributed by atoms with E-state index < -0.39 is 5.91 Å². The Balaban J connectivity index is 3.12. The van der Waals surface area contributed by atoms with Gasteiger partial charge in [-0.05, 0) is 0 Å². The van der Waals surface area contributed by atoms with Crippen molar-refractivity contribution in [3.05, 3.63) is 35.8 Å². The van der Waals surface area contributed by atoms with Crippen LogP contribution in [0.1, 0.15) is 20.0 Å². The monoisotopic (exact) mass is 280 g/mol. The van der Waals surface area contributed by atoms with E-state index in [1.807, 2.05) is 0 Å². The number of primary amides is 1. The van der Waals surface area contributed by atoms with Gasteiger partial charge in [0.2, 0.25) is 0 Å². The van der Waals surface area contributed by atoms with Crippen molar-refractivity contribution in [3.63, 3.8) is 0 Å². The smallest absolute Gasteiger partial charge is 0.263 e. The predicted octanol–water partition coefficient (Wildman–Crippen LogP) is 0.943.